The fourth-order valence-corrected chi connectivity index (χ4v) is 4.82. The van der Waals surface area contributed by atoms with Gasteiger partial charge in [0.05, 0.1) is 21.3 Å². The van der Waals surface area contributed by atoms with Gasteiger partial charge in [-0.15, -0.1) is 0 Å². The molecule has 0 spiro atoms. The van der Waals surface area contributed by atoms with Crippen molar-refractivity contribution in [3.63, 3.8) is 0 Å². The molecule has 11 heteroatoms. The molecule has 1 aliphatic rings. The highest BCUT2D eigenvalue weighted by Gasteiger charge is 2.32. The largest absolute Gasteiger partial charge is 0.393 e. The number of sulfonamides is 1. The van der Waals surface area contributed by atoms with Gasteiger partial charge in [0.25, 0.3) is 5.69 Å². The summed E-state index contributed by atoms with van der Waals surface area (Å²) in [7, 11) is -7.20. The lowest BCUT2D eigenvalue weighted by Crippen LogP contribution is -2.43. The second-order valence-electron chi connectivity index (χ2n) is 4.53. The first-order valence-electron chi connectivity index (χ1n) is 5.88. The lowest BCUT2D eigenvalue weighted by Gasteiger charge is -2.25. The zero-order valence-corrected chi connectivity index (χ0v) is 12.4. The molecule has 1 aromatic carbocycles. The van der Waals surface area contributed by atoms with Gasteiger partial charge in [-0.05, 0) is 12.1 Å². The molecule has 1 saturated heterocycles. The van der Waals surface area contributed by atoms with Crippen LogP contribution in [-0.2, 0) is 19.9 Å². The summed E-state index contributed by atoms with van der Waals surface area (Å²) < 4.78 is 48.3. The molecule has 1 fully saturated rings. The number of nitrogens with zero attached hydrogens (tertiary/aromatic N) is 2. The van der Waals surface area contributed by atoms with Gasteiger partial charge in [-0.1, -0.05) is 0 Å². The molecule has 1 aromatic rings. The number of nitrogens with two attached hydrogens (primary N) is 1. The molecule has 1 aliphatic heterocycles. The molecule has 1 heterocycles. The van der Waals surface area contributed by atoms with Gasteiger partial charge >= 0.3 is 0 Å². The van der Waals surface area contributed by atoms with Crippen LogP contribution in [0, 0.1) is 10.1 Å². The Bertz CT molecular complexity index is 773. The third-order valence-corrected chi connectivity index (χ3v) is 6.64. The standard InChI is InChI=1S/C10H13N3O6S2/c11-9-2-1-8(7-10(9)13(14)15)21(18,19)12-3-5-20(16,17)6-4-12/h1-2,7H,3-6,11H2. The van der Waals surface area contributed by atoms with Crippen molar-refractivity contribution in [2.45, 2.75) is 4.90 Å². The molecule has 0 aromatic heterocycles. The number of nitro groups is 1. The van der Waals surface area contributed by atoms with Crippen LogP contribution >= 0.6 is 0 Å². The first kappa shape index (κ1) is 15.7. The molecule has 0 saturated carbocycles. The highest BCUT2D eigenvalue weighted by Crippen LogP contribution is 2.27. The molecular weight excluding hydrogens is 322 g/mol. The van der Waals surface area contributed by atoms with E-state index in [-0.39, 0.29) is 35.2 Å². The van der Waals surface area contributed by atoms with E-state index in [0.29, 0.717) is 0 Å². The number of nitro benzene ring substituents is 1. The first-order chi connectivity index (χ1) is 9.63. The topological polar surface area (TPSA) is 141 Å². The lowest BCUT2D eigenvalue weighted by atomic mass is 10.3. The van der Waals surface area contributed by atoms with Crippen molar-refractivity contribution in [1.82, 2.24) is 4.31 Å². The van der Waals surface area contributed by atoms with Crippen molar-refractivity contribution in [2.75, 3.05) is 30.3 Å². The monoisotopic (exact) mass is 335 g/mol. The third-order valence-electron chi connectivity index (χ3n) is 3.14. The minimum atomic E-state index is -3.98. The van der Waals surface area contributed by atoms with E-state index < -0.39 is 30.5 Å². The average molecular weight is 335 g/mol. The van der Waals surface area contributed by atoms with Crippen LogP contribution in [0.2, 0.25) is 0 Å². The van der Waals surface area contributed by atoms with Gasteiger partial charge in [0.2, 0.25) is 10.0 Å². The number of hydrogen-bond acceptors (Lipinski definition) is 7. The van der Waals surface area contributed by atoms with Crippen LogP contribution in [0.3, 0.4) is 0 Å². The van der Waals surface area contributed by atoms with Gasteiger partial charge in [-0.2, -0.15) is 4.31 Å². The van der Waals surface area contributed by atoms with Gasteiger partial charge in [-0.25, -0.2) is 16.8 Å². The molecule has 0 radical (unpaired) electrons. The lowest BCUT2D eigenvalue weighted by molar-refractivity contribution is -0.384. The highest BCUT2D eigenvalue weighted by molar-refractivity contribution is 7.92. The smallest absolute Gasteiger partial charge is 0.293 e. The van der Waals surface area contributed by atoms with Crippen molar-refractivity contribution < 1.29 is 21.8 Å². The number of rotatable bonds is 3. The molecule has 0 unspecified atom stereocenters. The number of hydrogen-bond donors (Lipinski definition) is 1. The van der Waals surface area contributed by atoms with E-state index in [1.165, 1.54) is 6.07 Å². The summed E-state index contributed by atoms with van der Waals surface area (Å²) in [5.41, 5.74) is 4.78. The van der Waals surface area contributed by atoms with Crippen molar-refractivity contribution in [2.24, 2.45) is 0 Å². The normalized spacial score (nSPS) is 19.2. The first-order valence-corrected chi connectivity index (χ1v) is 9.14. The number of anilines is 1. The Labute approximate surface area is 121 Å². The molecular formula is C10H13N3O6S2. The summed E-state index contributed by atoms with van der Waals surface area (Å²) in [4.78, 5) is 9.76. The second kappa shape index (κ2) is 5.24. The predicted octanol–water partition coefficient (Wildman–Crippen LogP) is -0.404. The maximum Gasteiger partial charge on any atom is 0.293 e. The van der Waals surface area contributed by atoms with E-state index in [0.717, 1.165) is 16.4 Å². The Balaban J connectivity index is 2.37. The summed E-state index contributed by atoms with van der Waals surface area (Å²) in [6, 6.07) is 3.19. The molecule has 9 nitrogen and oxygen atoms in total. The van der Waals surface area contributed by atoms with Crippen LogP contribution in [-0.4, -0.2) is 50.7 Å². The minimum Gasteiger partial charge on any atom is -0.393 e. The molecule has 0 atom stereocenters. The fraction of sp³-hybridized carbons (Fsp3) is 0.400. The Morgan fingerprint density at radius 3 is 2.33 bits per heavy atom. The summed E-state index contributed by atoms with van der Waals surface area (Å²) in [6.45, 7) is -0.328. The van der Waals surface area contributed by atoms with Crippen LogP contribution in [0.5, 0.6) is 0 Å². The summed E-state index contributed by atoms with van der Waals surface area (Å²) in [6.07, 6.45) is 0. The maximum atomic E-state index is 12.4. The fourth-order valence-electron chi connectivity index (χ4n) is 1.93. The van der Waals surface area contributed by atoms with Crippen molar-refractivity contribution >= 4 is 31.2 Å². The van der Waals surface area contributed by atoms with Crippen LogP contribution in [0.15, 0.2) is 23.1 Å². The van der Waals surface area contributed by atoms with Crippen molar-refractivity contribution in [3.8, 4) is 0 Å². The Morgan fingerprint density at radius 1 is 1.24 bits per heavy atom. The SMILES string of the molecule is Nc1ccc(S(=O)(=O)N2CCS(=O)(=O)CC2)cc1[N+](=O)[O-]. The quantitative estimate of drug-likeness (QED) is 0.450. The van der Waals surface area contributed by atoms with Gasteiger partial charge in [-0.3, -0.25) is 10.1 Å². The average Bonchev–Trinajstić information content (AvgIpc) is 2.38. The number of nitrogen functional groups attached to an aromatic ring is 1. The third kappa shape index (κ3) is 3.14. The van der Waals surface area contributed by atoms with Crippen LogP contribution in [0.1, 0.15) is 0 Å². The molecule has 116 valence electrons. The number of sulfone groups is 1. The Kier molecular flexibility index (Phi) is 3.91. The van der Waals surface area contributed by atoms with Crippen molar-refractivity contribution in [1.29, 1.82) is 0 Å². The Morgan fingerprint density at radius 2 is 1.81 bits per heavy atom. The summed E-state index contributed by atoms with van der Waals surface area (Å²) in [5, 5.41) is 10.8. The van der Waals surface area contributed by atoms with Gasteiger partial charge in [0.1, 0.15) is 5.69 Å². The number of benzene rings is 1. The molecule has 0 amide bonds. The predicted molar refractivity (Wildman–Crippen MR) is 74.9 cm³/mol. The minimum absolute atomic E-state index is 0.139. The molecule has 2 N–H and O–H groups in total. The zero-order valence-electron chi connectivity index (χ0n) is 10.8. The van der Waals surface area contributed by atoms with E-state index in [9.17, 15) is 26.9 Å². The molecule has 2 rings (SSSR count). The second-order valence-corrected chi connectivity index (χ2v) is 8.78. The summed E-state index contributed by atoms with van der Waals surface area (Å²) >= 11 is 0. The van der Waals surface area contributed by atoms with Crippen LogP contribution in [0.4, 0.5) is 11.4 Å². The molecule has 0 bridgehead atoms. The molecule has 21 heavy (non-hydrogen) atoms. The highest BCUT2D eigenvalue weighted by atomic mass is 32.2. The van der Waals surface area contributed by atoms with E-state index in [1.54, 1.807) is 0 Å². The van der Waals surface area contributed by atoms with E-state index in [4.69, 9.17) is 5.73 Å². The van der Waals surface area contributed by atoms with E-state index in [1.807, 2.05) is 0 Å². The van der Waals surface area contributed by atoms with Crippen molar-refractivity contribution in [3.05, 3.63) is 28.3 Å². The van der Waals surface area contributed by atoms with Crippen LogP contribution in [0.25, 0.3) is 0 Å². The zero-order chi connectivity index (χ0) is 15.8. The Hall–Kier alpha value is -1.72. The van der Waals surface area contributed by atoms with Gasteiger partial charge in [0, 0.05) is 19.2 Å². The van der Waals surface area contributed by atoms with Crippen LogP contribution < -0.4 is 5.73 Å². The van der Waals surface area contributed by atoms with Gasteiger partial charge < -0.3 is 5.73 Å². The van der Waals surface area contributed by atoms with Gasteiger partial charge in [0.15, 0.2) is 9.84 Å². The maximum absolute atomic E-state index is 12.4. The van der Waals surface area contributed by atoms with E-state index >= 15 is 0 Å². The molecule has 0 aliphatic carbocycles. The van der Waals surface area contributed by atoms with E-state index in [2.05, 4.69) is 0 Å². The summed E-state index contributed by atoms with van der Waals surface area (Å²) in [5.74, 6) is -0.521.